The van der Waals surface area contributed by atoms with E-state index in [0.717, 1.165) is 19.3 Å². The summed E-state index contributed by atoms with van der Waals surface area (Å²) in [5.74, 6) is 0. The second-order valence-corrected chi connectivity index (χ2v) is 10.7. The van der Waals surface area contributed by atoms with Crippen LogP contribution in [0.4, 0.5) is 0 Å². The summed E-state index contributed by atoms with van der Waals surface area (Å²) in [4.78, 5) is 9.65. The van der Waals surface area contributed by atoms with Gasteiger partial charge in [-0.05, 0) is 52.9 Å². The van der Waals surface area contributed by atoms with Crippen molar-refractivity contribution in [2.75, 3.05) is 19.8 Å². The van der Waals surface area contributed by atoms with Gasteiger partial charge in [0.05, 0.1) is 13.2 Å². The van der Waals surface area contributed by atoms with Gasteiger partial charge in [-0.3, -0.25) is 9.05 Å². The van der Waals surface area contributed by atoms with E-state index in [0.29, 0.717) is 6.54 Å². The highest BCUT2D eigenvalue weighted by atomic mass is 31.2. The van der Waals surface area contributed by atoms with E-state index in [4.69, 9.17) is 9.05 Å². The summed E-state index contributed by atoms with van der Waals surface area (Å²) in [5.41, 5.74) is -0.0342. The van der Waals surface area contributed by atoms with Crippen molar-refractivity contribution in [1.29, 1.82) is 0 Å². The Labute approximate surface area is 187 Å². The van der Waals surface area contributed by atoms with Crippen LogP contribution in [-0.4, -0.2) is 30.2 Å². The van der Waals surface area contributed by atoms with Crippen LogP contribution in [0.3, 0.4) is 0 Å². The highest BCUT2D eigenvalue weighted by Crippen LogP contribution is 2.43. The molecule has 0 heterocycles. The second kappa shape index (κ2) is 19.5. The lowest BCUT2D eigenvalue weighted by atomic mass is 10.1. The van der Waals surface area contributed by atoms with Gasteiger partial charge in [-0.2, -0.15) is 0 Å². The maximum Gasteiger partial charge on any atom is 0.472 e. The van der Waals surface area contributed by atoms with Crippen molar-refractivity contribution in [2.24, 2.45) is 0 Å². The smallest absolute Gasteiger partial charge is 0.310 e. The van der Waals surface area contributed by atoms with Crippen LogP contribution >= 0.6 is 7.82 Å². The predicted molar refractivity (Wildman–Crippen MR) is 129 cm³/mol. The number of rotatable bonds is 21. The Morgan fingerprint density at radius 1 is 0.767 bits per heavy atom. The molecule has 0 aliphatic rings. The quantitative estimate of drug-likeness (QED) is 0.108. The summed E-state index contributed by atoms with van der Waals surface area (Å²) >= 11 is 0. The molecule has 1 unspecified atom stereocenters. The molecule has 0 aliphatic heterocycles. The van der Waals surface area contributed by atoms with E-state index < -0.39 is 7.82 Å². The average molecular weight is 448 g/mol. The molecule has 0 amide bonds. The fourth-order valence-electron chi connectivity index (χ4n) is 3.15. The molecule has 180 valence electrons. The van der Waals surface area contributed by atoms with E-state index >= 15 is 0 Å². The summed E-state index contributed by atoms with van der Waals surface area (Å²) < 4.78 is 21.8. The molecule has 0 aromatic heterocycles. The van der Waals surface area contributed by atoms with E-state index in [2.05, 4.69) is 24.4 Å². The molecule has 1 atom stereocenters. The summed E-state index contributed by atoms with van der Waals surface area (Å²) in [7, 11) is -3.91. The highest BCUT2D eigenvalue weighted by Gasteiger charge is 2.20. The van der Waals surface area contributed by atoms with Gasteiger partial charge in [-0.15, -0.1) is 0 Å². The van der Waals surface area contributed by atoms with Crippen molar-refractivity contribution in [3.63, 3.8) is 0 Å². The lowest BCUT2D eigenvalue weighted by molar-refractivity contribution is 0.145. The van der Waals surface area contributed by atoms with E-state index in [1.54, 1.807) is 0 Å². The third-order valence-corrected chi connectivity index (χ3v) is 5.94. The van der Waals surface area contributed by atoms with Crippen LogP contribution in [0.5, 0.6) is 0 Å². The molecule has 0 radical (unpaired) electrons. The summed E-state index contributed by atoms with van der Waals surface area (Å²) in [5, 5.41) is 3.20. The van der Waals surface area contributed by atoms with Gasteiger partial charge in [0.25, 0.3) is 0 Å². The Kier molecular flexibility index (Phi) is 19.4. The minimum atomic E-state index is -3.91. The number of hydrogen-bond donors (Lipinski definition) is 2. The van der Waals surface area contributed by atoms with Gasteiger partial charge >= 0.3 is 7.82 Å². The van der Waals surface area contributed by atoms with Gasteiger partial charge in [0.2, 0.25) is 0 Å². The van der Waals surface area contributed by atoms with E-state index in [-0.39, 0.29) is 18.8 Å². The molecule has 0 aromatic rings. The Morgan fingerprint density at radius 2 is 1.23 bits per heavy atom. The van der Waals surface area contributed by atoms with Gasteiger partial charge < -0.3 is 10.2 Å². The molecule has 0 aliphatic carbocycles. The SMILES string of the molecule is CCCCCCCC/C=C/CCCCCCCCOP(=O)(O)OCCNC(C)(C)C. The van der Waals surface area contributed by atoms with Crippen LogP contribution in [-0.2, 0) is 13.6 Å². The maximum atomic E-state index is 11.8. The largest absolute Gasteiger partial charge is 0.472 e. The fourth-order valence-corrected chi connectivity index (χ4v) is 3.91. The first-order valence-corrected chi connectivity index (χ1v) is 13.8. The number of phosphoric acid groups is 1. The molecule has 6 heteroatoms. The lowest BCUT2D eigenvalue weighted by Gasteiger charge is -2.20. The molecule has 0 saturated heterocycles. The number of hydrogen-bond acceptors (Lipinski definition) is 4. The van der Waals surface area contributed by atoms with Crippen LogP contribution in [0.25, 0.3) is 0 Å². The van der Waals surface area contributed by atoms with Crippen molar-refractivity contribution < 1.29 is 18.5 Å². The molecular formula is C24H50NO4P. The normalized spacial score (nSPS) is 14.4. The molecule has 2 N–H and O–H groups in total. The molecular weight excluding hydrogens is 397 g/mol. The zero-order chi connectivity index (χ0) is 22.6. The Morgan fingerprint density at radius 3 is 1.77 bits per heavy atom. The van der Waals surface area contributed by atoms with Crippen molar-refractivity contribution in [3.05, 3.63) is 12.2 Å². The molecule has 5 nitrogen and oxygen atoms in total. The lowest BCUT2D eigenvalue weighted by Crippen LogP contribution is -2.37. The molecule has 0 spiro atoms. The third-order valence-electron chi connectivity index (χ3n) is 4.92. The monoisotopic (exact) mass is 447 g/mol. The molecule has 0 fully saturated rings. The Balaban J connectivity index is 3.37. The first-order chi connectivity index (χ1) is 14.3. The summed E-state index contributed by atoms with van der Waals surface area (Å²) in [6.45, 7) is 9.34. The Bertz CT molecular complexity index is 449. The molecule has 0 rings (SSSR count). The highest BCUT2D eigenvalue weighted by molar-refractivity contribution is 7.47. The number of nitrogens with one attached hydrogen (secondary N) is 1. The van der Waals surface area contributed by atoms with Crippen LogP contribution in [0.2, 0.25) is 0 Å². The van der Waals surface area contributed by atoms with Crippen LogP contribution < -0.4 is 5.32 Å². The minimum absolute atomic E-state index is 0.0342. The number of allylic oxidation sites excluding steroid dienone is 2. The van der Waals surface area contributed by atoms with Gasteiger partial charge in [0, 0.05) is 12.1 Å². The van der Waals surface area contributed by atoms with E-state index in [1.165, 1.54) is 70.6 Å². The maximum absolute atomic E-state index is 11.8. The van der Waals surface area contributed by atoms with Crippen molar-refractivity contribution in [1.82, 2.24) is 5.32 Å². The summed E-state index contributed by atoms with van der Waals surface area (Å²) in [6, 6.07) is 0. The number of unbranched alkanes of at least 4 members (excludes halogenated alkanes) is 12. The molecule has 30 heavy (non-hydrogen) atoms. The number of phosphoric ester groups is 1. The first kappa shape index (κ1) is 29.8. The van der Waals surface area contributed by atoms with Crippen molar-refractivity contribution in [2.45, 2.75) is 123 Å². The average Bonchev–Trinajstić information content (AvgIpc) is 2.67. The van der Waals surface area contributed by atoms with Crippen LogP contribution in [0.15, 0.2) is 12.2 Å². The van der Waals surface area contributed by atoms with E-state index in [1.807, 2.05) is 20.8 Å². The van der Waals surface area contributed by atoms with Gasteiger partial charge in [0.15, 0.2) is 0 Å². The molecule has 0 bridgehead atoms. The predicted octanol–water partition coefficient (Wildman–Crippen LogP) is 7.55. The zero-order valence-electron chi connectivity index (χ0n) is 20.3. The molecule has 0 aromatic carbocycles. The van der Waals surface area contributed by atoms with Crippen molar-refractivity contribution >= 4 is 7.82 Å². The van der Waals surface area contributed by atoms with E-state index in [9.17, 15) is 9.46 Å². The Hall–Kier alpha value is -0.190. The first-order valence-electron chi connectivity index (χ1n) is 12.3. The van der Waals surface area contributed by atoms with Crippen molar-refractivity contribution in [3.8, 4) is 0 Å². The standard InChI is InChI=1S/C24H50NO4P/c1-5-6-7-8-9-10-11-12-13-14-15-16-17-18-19-20-22-28-30(26,27)29-23-21-25-24(2,3)4/h12-13,25H,5-11,14-23H2,1-4H3,(H,26,27)/b13-12+. The summed E-state index contributed by atoms with van der Waals surface area (Å²) in [6.07, 6.45) is 22.0. The zero-order valence-corrected chi connectivity index (χ0v) is 21.2. The van der Waals surface area contributed by atoms with Gasteiger partial charge in [-0.25, -0.2) is 4.57 Å². The van der Waals surface area contributed by atoms with Crippen LogP contribution in [0.1, 0.15) is 118 Å². The van der Waals surface area contributed by atoms with Gasteiger partial charge in [0.1, 0.15) is 0 Å². The topological polar surface area (TPSA) is 67.8 Å². The molecule has 0 saturated carbocycles. The minimum Gasteiger partial charge on any atom is -0.310 e. The third kappa shape index (κ3) is 24.1. The van der Waals surface area contributed by atoms with Crippen LogP contribution in [0, 0.1) is 0 Å². The fraction of sp³-hybridized carbons (Fsp3) is 0.917. The van der Waals surface area contributed by atoms with Gasteiger partial charge in [-0.1, -0.05) is 76.9 Å². The second-order valence-electron chi connectivity index (χ2n) is 9.25.